The molecule has 72 valence electrons. The average molecular weight is 204 g/mol. The summed E-state index contributed by atoms with van der Waals surface area (Å²) in [5.74, 6) is 0.141. The molecular formula is C9H11ClFNO. The molecule has 0 aliphatic heterocycles. The molecule has 0 fully saturated rings. The maximum absolute atomic E-state index is 13.0. The predicted octanol–water partition coefficient (Wildman–Crippen LogP) is 1.99. The van der Waals surface area contributed by atoms with Crippen molar-refractivity contribution in [1.82, 2.24) is 0 Å². The second-order valence-corrected chi connectivity index (χ2v) is 3.02. The molecule has 0 spiro atoms. The number of benzene rings is 1. The lowest BCUT2D eigenvalue weighted by atomic mass is 10.1. The normalized spacial score (nSPS) is 10.2. The van der Waals surface area contributed by atoms with Crippen LogP contribution >= 0.6 is 11.6 Å². The zero-order chi connectivity index (χ0) is 9.84. The van der Waals surface area contributed by atoms with E-state index in [1.54, 1.807) is 0 Å². The van der Waals surface area contributed by atoms with Gasteiger partial charge in [-0.15, -0.1) is 0 Å². The smallest absolute Gasteiger partial charge is 0.142 e. The number of nitrogens with two attached hydrogens (primary N) is 1. The maximum Gasteiger partial charge on any atom is 0.142 e. The molecule has 0 radical (unpaired) electrons. The molecule has 2 N–H and O–H groups in total. The molecule has 0 bridgehead atoms. The summed E-state index contributed by atoms with van der Waals surface area (Å²) in [6.07, 6.45) is 0.581. The van der Waals surface area contributed by atoms with Gasteiger partial charge in [-0.2, -0.15) is 0 Å². The number of hydrogen-bond donors (Lipinski definition) is 1. The van der Waals surface area contributed by atoms with Crippen LogP contribution in [0.4, 0.5) is 4.39 Å². The van der Waals surface area contributed by atoms with Crippen molar-refractivity contribution < 1.29 is 9.13 Å². The van der Waals surface area contributed by atoms with Crippen molar-refractivity contribution in [2.75, 3.05) is 13.7 Å². The molecule has 13 heavy (non-hydrogen) atoms. The first-order valence-corrected chi connectivity index (χ1v) is 4.28. The Kier molecular flexibility index (Phi) is 3.51. The van der Waals surface area contributed by atoms with Crippen molar-refractivity contribution in [2.24, 2.45) is 5.73 Å². The Morgan fingerprint density at radius 1 is 1.54 bits per heavy atom. The summed E-state index contributed by atoms with van der Waals surface area (Å²) < 4.78 is 18.0. The second kappa shape index (κ2) is 4.44. The third-order valence-electron chi connectivity index (χ3n) is 1.74. The second-order valence-electron chi connectivity index (χ2n) is 2.62. The van der Waals surface area contributed by atoms with E-state index in [2.05, 4.69) is 0 Å². The minimum Gasteiger partial charge on any atom is -0.496 e. The van der Waals surface area contributed by atoms with Crippen LogP contribution in [0.25, 0.3) is 0 Å². The molecule has 0 unspecified atom stereocenters. The van der Waals surface area contributed by atoms with Gasteiger partial charge >= 0.3 is 0 Å². The summed E-state index contributed by atoms with van der Waals surface area (Å²) in [4.78, 5) is 0. The molecule has 0 heterocycles. The van der Waals surface area contributed by atoms with E-state index >= 15 is 0 Å². The van der Waals surface area contributed by atoms with E-state index in [0.717, 1.165) is 5.56 Å². The first-order chi connectivity index (χ1) is 6.19. The summed E-state index contributed by atoms with van der Waals surface area (Å²) in [6.45, 7) is 0.456. The van der Waals surface area contributed by atoms with Crippen molar-refractivity contribution in [2.45, 2.75) is 6.42 Å². The fraction of sp³-hybridized carbons (Fsp3) is 0.333. The molecular weight excluding hydrogens is 193 g/mol. The van der Waals surface area contributed by atoms with Gasteiger partial charge in [-0.1, -0.05) is 11.6 Å². The average Bonchev–Trinajstić information content (AvgIpc) is 2.11. The Balaban J connectivity index is 3.09. The van der Waals surface area contributed by atoms with Crippen LogP contribution in [-0.2, 0) is 6.42 Å². The van der Waals surface area contributed by atoms with Gasteiger partial charge in [-0.05, 0) is 24.6 Å². The molecule has 0 saturated heterocycles. The summed E-state index contributed by atoms with van der Waals surface area (Å²) in [6, 6.07) is 2.82. The highest BCUT2D eigenvalue weighted by atomic mass is 35.5. The highest BCUT2D eigenvalue weighted by molar-refractivity contribution is 6.30. The molecule has 0 saturated carbocycles. The number of halogens is 2. The Hall–Kier alpha value is -0.800. The molecule has 0 aliphatic rings. The molecule has 1 rings (SSSR count). The van der Waals surface area contributed by atoms with Crippen LogP contribution in [-0.4, -0.2) is 13.7 Å². The van der Waals surface area contributed by atoms with E-state index in [1.165, 1.54) is 19.2 Å². The molecule has 0 atom stereocenters. The molecule has 1 aromatic rings. The van der Waals surface area contributed by atoms with Gasteiger partial charge in [0.1, 0.15) is 11.6 Å². The van der Waals surface area contributed by atoms with E-state index in [4.69, 9.17) is 22.1 Å². The van der Waals surface area contributed by atoms with Crippen molar-refractivity contribution in [3.63, 3.8) is 0 Å². The fourth-order valence-electron chi connectivity index (χ4n) is 1.11. The lowest BCUT2D eigenvalue weighted by Crippen LogP contribution is -2.04. The lowest BCUT2D eigenvalue weighted by molar-refractivity contribution is 0.408. The van der Waals surface area contributed by atoms with Crippen molar-refractivity contribution in [1.29, 1.82) is 0 Å². The van der Waals surface area contributed by atoms with E-state index < -0.39 is 5.82 Å². The van der Waals surface area contributed by atoms with Crippen LogP contribution in [0.1, 0.15) is 5.56 Å². The maximum atomic E-state index is 13.0. The van der Waals surface area contributed by atoms with Gasteiger partial charge in [-0.25, -0.2) is 4.39 Å². The Morgan fingerprint density at radius 2 is 2.23 bits per heavy atom. The number of rotatable bonds is 3. The highest BCUT2D eigenvalue weighted by Gasteiger charge is 2.07. The minimum atomic E-state index is -0.439. The van der Waals surface area contributed by atoms with Crippen LogP contribution < -0.4 is 10.5 Å². The molecule has 0 aromatic heterocycles. The van der Waals surface area contributed by atoms with Crippen LogP contribution in [0.5, 0.6) is 5.75 Å². The fourth-order valence-corrected chi connectivity index (χ4v) is 1.26. The number of ether oxygens (including phenoxy) is 1. The molecule has 0 amide bonds. The summed E-state index contributed by atoms with van der Waals surface area (Å²) in [5.41, 5.74) is 6.10. The first kappa shape index (κ1) is 10.3. The van der Waals surface area contributed by atoms with Gasteiger partial charge in [0.25, 0.3) is 0 Å². The number of methoxy groups -OCH3 is 1. The zero-order valence-electron chi connectivity index (χ0n) is 7.31. The Morgan fingerprint density at radius 3 is 2.77 bits per heavy atom. The van der Waals surface area contributed by atoms with E-state index in [-0.39, 0.29) is 5.02 Å². The topological polar surface area (TPSA) is 35.2 Å². The van der Waals surface area contributed by atoms with Gasteiger partial charge in [0.15, 0.2) is 0 Å². The number of hydrogen-bond acceptors (Lipinski definition) is 2. The van der Waals surface area contributed by atoms with Gasteiger partial charge in [0.05, 0.1) is 12.1 Å². The SMILES string of the molecule is COc1cc(Cl)c(F)cc1CCN. The largest absolute Gasteiger partial charge is 0.496 e. The van der Waals surface area contributed by atoms with Crippen molar-refractivity contribution in [3.05, 3.63) is 28.5 Å². The van der Waals surface area contributed by atoms with E-state index in [1.807, 2.05) is 0 Å². The van der Waals surface area contributed by atoms with Crippen LogP contribution in [0.2, 0.25) is 5.02 Å². The van der Waals surface area contributed by atoms with Gasteiger partial charge in [0.2, 0.25) is 0 Å². The predicted molar refractivity (Wildman–Crippen MR) is 50.7 cm³/mol. The highest BCUT2D eigenvalue weighted by Crippen LogP contribution is 2.26. The van der Waals surface area contributed by atoms with Gasteiger partial charge in [0, 0.05) is 6.07 Å². The quantitative estimate of drug-likeness (QED) is 0.816. The summed E-state index contributed by atoms with van der Waals surface area (Å²) in [7, 11) is 1.52. The standard InChI is InChI=1S/C9H11ClFNO/c1-13-9-5-7(10)8(11)4-6(9)2-3-12/h4-5H,2-3,12H2,1H3. The Labute approximate surface area is 81.4 Å². The van der Waals surface area contributed by atoms with Gasteiger partial charge in [-0.3, -0.25) is 0 Å². The van der Waals surface area contributed by atoms with Crippen LogP contribution in [0, 0.1) is 5.82 Å². The van der Waals surface area contributed by atoms with Crippen molar-refractivity contribution in [3.8, 4) is 5.75 Å². The monoisotopic (exact) mass is 203 g/mol. The molecule has 1 aromatic carbocycles. The summed E-state index contributed by atoms with van der Waals surface area (Å²) >= 11 is 5.58. The molecule has 2 nitrogen and oxygen atoms in total. The first-order valence-electron chi connectivity index (χ1n) is 3.91. The molecule has 0 aliphatic carbocycles. The third-order valence-corrected chi connectivity index (χ3v) is 2.03. The minimum absolute atomic E-state index is 0.0672. The lowest BCUT2D eigenvalue weighted by Gasteiger charge is -2.08. The van der Waals surface area contributed by atoms with E-state index in [0.29, 0.717) is 18.7 Å². The third kappa shape index (κ3) is 2.32. The molecule has 4 heteroatoms. The zero-order valence-corrected chi connectivity index (χ0v) is 8.07. The summed E-state index contributed by atoms with van der Waals surface area (Å²) in [5, 5.41) is 0.0672. The Bertz CT molecular complexity index is 304. The van der Waals surface area contributed by atoms with Crippen LogP contribution in [0.15, 0.2) is 12.1 Å². The van der Waals surface area contributed by atoms with E-state index in [9.17, 15) is 4.39 Å². The van der Waals surface area contributed by atoms with Crippen LogP contribution in [0.3, 0.4) is 0 Å². The van der Waals surface area contributed by atoms with Crippen molar-refractivity contribution >= 4 is 11.6 Å². The van der Waals surface area contributed by atoms with Gasteiger partial charge < -0.3 is 10.5 Å².